The van der Waals surface area contributed by atoms with E-state index in [1.807, 2.05) is 18.5 Å². The molecule has 0 saturated heterocycles. The van der Waals surface area contributed by atoms with Crippen molar-refractivity contribution in [2.45, 2.75) is 45.9 Å². The number of nitrogens with one attached hydrogen (secondary N) is 1. The van der Waals surface area contributed by atoms with Gasteiger partial charge in [0, 0.05) is 39.8 Å². The van der Waals surface area contributed by atoms with Gasteiger partial charge in [-0.2, -0.15) is 5.10 Å². The molecule has 0 radical (unpaired) electrons. The lowest BCUT2D eigenvalue weighted by Crippen LogP contribution is -2.38. The Morgan fingerprint density at radius 3 is 2.79 bits per heavy atom. The molecule has 0 bridgehead atoms. The molecule has 2 N–H and O–H groups in total. The molecule has 1 heterocycles. The molecule has 0 aliphatic rings. The zero-order chi connectivity index (χ0) is 14.5. The number of halogens is 1. The molecule has 0 saturated carbocycles. The first-order chi connectivity index (χ1) is 8.91. The van der Waals surface area contributed by atoms with Gasteiger partial charge in [0.05, 0.1) is 21.5 Å². The average molecular weight is 334 g/mol. The first kappa shape index (κ1) is 16.6. The number of nitrogens with zero attached hydrogens (tertiary/aromatic N) is 2. The number of rotatable bonds is 8. The van der Waals surface area contributed by atoms with Gasteiger partial charge in [-0.1, -0.05) is 0 Å². The summed E-state index contributed by atoms with van der Waals surface area (Å²) in [6, 6.07) is 0. The average Bonchev–Trinajstić information content (AvgIpc) is 2.64. The van der Waals surface area contributed by atoms with Crippen molar-refractivity contribution >= 4 is 15.9 Å². The van der Waals surface area contributed by atoms with Crippen molar-refractivity contribution in [1.82, 2.24) is 15.1 Å². The SMILES string of the molecule is CCn1nc(C)c(Br)c1CNCC(C)(O)CCOC. The van der Waals surface area contributed by atoms with Crippen LogP contribution in [0.2, 0.25) is 0 Å². The summed E-state index contributed by atoms with van der Waals surface area (Å²) in [5.41, 5.74) is 1.35. The number of methoxy groups -OCH3 is 1. The fourth-order valence-electron chi connectivity index (χ4n) is 1.90. The summed E-state index contributed by atoms with van der Waals surface area (Å²) in [7, 11) is 1.64. The Hall–Kier alpha value is -0.430. The van der Waals surface area contributed by atoms with Crippen LogP contribution < -0.4 is 5.32 Å². The molecular weight excluding hydrogens is 310 g/mol. The molecule has 6 heteroatoms. The summed E-state index contributed by atoms with van der Waals surface area (Å²) in [6.07, 6.45) is 0.615. The monoisotopic (exact) mass is 333 g/mol. The number of aliphatic hydroxyl groups is 1. The van der Waals surface area contributed by atoms with Crippen molar-refractivity contribution in [2.75, 3.05) is 20.3 Å². The standard InChI is InChI=1S/C13H24BrN3O2/c1-5-17-11(12(14)10(2)16-17)8-15-9-13(3,18)6-7-19-4/h15,18H,5-9H2,1-4H3. The molecule has 0 aromatic carbocycles. The number of aromatic nitrogens is 2. The highest BCUT2D eigenvalue weighted by molar-refractivity contribution is 9.10. The quantitative estimate of drug-likeness (QED) is 0.762. The van der Waals surface area contributed by atoms with Gasteiger partial charge in [0.2, 0.25) is 0 Å². The molecule has 1 aromatic heterocycles. The van der Waals surface area contributed by atoms with E-state index < -0.39 is 5.60 Å². The van der Waals surface area contributed by atoms with Gasteiger partial charge in [-0.3, -0.25) is 4.68 Å². The number of aryl methyl sites for hydroxylation is 2. The highest BCUT2D eigenvalue weighted by atomic mass is 79.9. The van der Waals surface area contributed by atoms with Crippen LogP contribution in [0.25, 0.3) is 0 Å². The van der Waals surface area contributed by atoms with Gasteiger partial charge in [0.15, 0.2) is 0 Å². The third-order valence-corrected chi connectivity index (χ3v) is 4.13. The molecule has 0 aliphatic heterocycles. The molecule has 0 aliphatic carbocycles. The van der Waals surface area contributed by atoms with Gasteiger partial charge in [0.25, 0.3) is 0 Å². The third-order valence-electron chi connectivity index (χ3n) is 3.10. The van der Waals surface area contributed by atoms with Gasteiger partial charge in [-0.25, -0.2) is 0 Å². The van der Waals surface area contributed by atoms with Crippen LogP contribution >= 0.6 is 15.9 Å². The smallest absolute Gasteiger partial charge is 0.0765 e. The molecule has 0 spiro atoms. The van der Waals surface area contributed by atoms with Crippen LogP contribution in [0.15, 0.2) is 4.47 Å². The Morgan fingerprint density at radius 2 is 2.21 bits per heavy atom. The Morgan fingerprint density at radius 1 is 1.53 bits per heavy atom. The summed E-state index contributed by atoms with van der Waals surface area (Å²) < 4.78 is 8.00. The van der Waals surface area contributed by atoms with Crippen molar-refractivity contribution in [1.29, 1.82) is 0 Å². The minimum Gasteiger partial charge on any atom is -0.389 e. The summed E-state index contributed by atoms with van der Waals surface area (Å²) in [5, 5.41) is 17.9. The van der Waals surface area contributed by atoms with E-state index in [0.717, 1.165) is 22.4 Å². The van der Waals surface area contributed by atoms with Crippen LogP contribution in [0.4, 0.5) is 0 Å². The van der Waals surface area contributed by atoms with Crippen molar-refractivity contribution in [3.8, 4) is 0 Å². The molecule has 1 rings (SSSR count). The van der Waals surface area contributed by atoms with Crippen LogP contribution in [-0.4, -0.2) is 40.7 Å². The minimum absolute atomic E-state index is 0.525. The van der Waals surface area contributed by atoms with E-state index in [1.54, 1.807) is 7.11 Å². The van der Waals surface area contributed by atoms with E-state index in [9.17, 15) is 5.11 Å². The van der Waals surface area contributed by atoms with Crippen LogP contribution in [0.5, 0.6) is 0 Å². The largest absolute Gasteiger partial charge is 0.389 e. The Bertz CT molecular complexity index is 405. The predicted octanol–water partition coefficient (Wildman–Crippen LogP) is 1.85. The molecule has 1 atom stereocenters. The van der Waals surface area contributed by atoms with Gasteiger partial charge in [-0.15, -0.1) is 0 Å². The minimum atomic E-state index is -0.755. The molecule has 110 valence electrons. The Balaban J connectivity index is 2.53. The molecule has 0 amide bonds. The zero-order valence-electron chi connectivity index (χ0n) is 12.2. The number of hydrogen-bond acceptors (Lipinski definition) is 4. The van der Waals surface area contributed by atoms with E-state index in [0.29, 0.717) is 26.1 Å². The van der Waals surface area contributed by atoms with Crippen molar-refractivity contribution in [2.24, 2.45) is 0 Å². The Labute approximate surface area is 123 Å². The Kier molecular flexibility index (Phi) is 6.46. The third kappa shape index (κ3) is 4.87. The number of ether oxygens (including phenoxy) is 1. The van der Waals surface area contributed by atoms with E-state index in [4.69, 9.17) is 4.74 Å². The van der Waals surface area contributed by atoms with Crippen LogP contribution in [0, 0.1) is 6.92 Å². The zero-order valence-corrected chi connectivity index (χ0v) is 13.7. The maximum Gasteiger partial charge on any atom is 0.0765 e. The lowest BCUT2D eigenvalue weighted by atomic mass is 10.0. The van der Waals surface area contributed by atoms with Crippen LogP contribution in [0.1, 0.15) is 31.7 Å². The molecule has 5 nitrogen and oxygen atoms in total. The van der Waals surface area contributed by atoms with Crippen LogP contribution in [0.3, 0.4) is 0 Å². The van der Waals surface area contributed by atoms with E-state index in [2.05, 4.69) is 33.3 Å². The van der Waals surface area contributed by atoms with Gasteiger partial charge >= 0.3 is 0 Å². The van der Waals surface area contributed by atoms with Crippen LogP contribution in [-0.2, 0) is 17.8 Å². The fraction of sp³-hybridized carbons (Fsp3) is 0.769. The summed E-state index contributed by atoms with van der Waals surface area (Å²) in [4.78, 5) is 0. The first-order valence-electron chi connectivity index (χ1n) is 6.55. The predicted molar refractivity (Wildman–Crippen MR) is 79.2 cm³/mol. The number of hydrogen-bond donors (Lipinski definition) is 2. The lowest BCUT2D eigenvalue weighted by Gasteiger charge is -2.23. The molecule has 1 aromatic rings. The summed E-state index contributed by atoms with van der Waals surface area (Å²) >= 11 is 3.56. The van der Waals surface area contributed by atoms with Crippen molar-refractivity contribution < 1.29 is 9.84 Å². The molecule has 19 heavy (non-hydrogen) atoms. The topological polar surface area (TPSA) is 59.3 Å². The lowest BCUT2D eigenvalue weighted by molar-refractivity contribution is 0.0246. The van der Waals surface area contributed by atoms with Gasteiger partial charge in [0.1, 0.15) is 0 Å². The van der Waals surface area contributed by atoms with E-state index >= 15 is 0 Å². The maximum atomic E-state index is 10.1. The maximum absolute atomic E-state index is 10.1. The first-order valence-corrected chi connectivity index (χ1v) is 7.34. The molecular formula is C13H24BrN3O2. The molecule has 1 unspecified atom stereocenters. The summed E-state index contributed by atoms with van der Waals surface area (Å²) in [6.45, 7) is 8.46. The van der Waals surface area contributed by atoms with Gasteiger partial charge < -0.3 is 15.2 Å². The van der Waals surface area contributed by atoms with Crippen molar-refractivity contribution in [3.05, 3.63) is 15.9 Å². The van der Waals surface area contributed by atoms with Gasteiger partial charge in [-0.05, 0) is 36.7 Å². The van der Waals surface area contributed by atoms with E-state index in [1.165, 1.54) is 0 Å². The normalized spacial score (nSPS) is 14.6. The second-order valence-corrected chi connectivity index (χ2v) is 5.80. The highest BCUT2D eigenvalue weighted by Crippen LogP contribution is 2.21. The second-order valence-electron chi connectivity index (χ2n) is 5.01. The fourth-order valence-corrected chi connectivity index (χ4v) is 2.32. The highest BCUT2D eigenvalue weighted by Gasteiger charge is 2.20. The van der Waals surface area contributed by atoms with Crippen molar-refractivity contribution in [3.63, 3.8) is 0 Å². The molecule has 0 fully saturated rings. The van der Waals surface area contributed by atoms with E-state index in [-0.39, 0.29) is 0 Å². The second kappa shape index (κ2) is 7.38. The summed E-state index contributed by atoms with van der Waals surface area (Å²) in [5.74, 6) is 0.